The molecule has 0 bridgehead atoms. The van der Waals surface area contributed by atoms with Crippen molar-refractivity contribution in [3.05, 3.63) is 76.1 Å². The van der Waals surface area contributed by atoms with E-state index < -0.39 is 17.8 Å². The Hall–Kier alpha value is -3.41. The predicted molar refractivity (Wildman–Crippen MR) is 101 cm³/mol. The van der Waals surface area contributed by atoms with E-state index in [1.165, 1.54) is 0 Å². The van der Waals surface area contributed by atoms with Crippen LogP contribution in [0.15, 0.2) is 59.4 Å². The average molecular weight is 362 g/mol. The first-order valence-electron chi connectivity index (χ1n) is 8.74. The van der Waals surface area contributed by atoms with Gasteiger partial charge in [0.1, 0.15) is 11.7 Å². The molecule has 0 saturated carbocycles. The Labute approximate surface area is 155 Å². The molecule has 4 rings (SSSR count). The molecule has 0 saturated heterocycles. The number of esters is 1. The highest BCUT2D eigenvalue weighted by Gasteiger charge is 2.44. The number of rotatable bonds is 3. The zero-order valence-electron chi connectivity index (χ0n) is 14.7. The van der Waals surface area contributed by atoms with Crippen molar-refractivity contribution in [3.8, 4) is 5.75 Å². The summed E-state index contributed by atoms with van der Waals surface area (Å²) in [5.74, 6) is -2.13. The average Bonchev–Trinajstić information content (AvgIpc) is 2.68. The fraction of sp³-hybridized carbons (Fsp3) is 0.190. The van der Waals surface area contributed by atoms with Crippen LogP contribution in [-0.2, 0) is 9.53 Å². The fourth-order valence-corrected chi connectivity index (χ4v) is 3.61. The van der Waals surface area contributed by atoms with Gasteiger partial charge in [-0.05, 0) is 24.6 Å². The van der Waals surface area contributed by atoms with Gasteiger partial charge in [-0.2, -0.15) is 0 Å². The van der Waals surface area contributed by atoms with Crippen LogP contribution in [0, 0.1) is 11.3 Å². The molecule has 6 heteroatoms. The van der Waals surface area contributed by atoms with Crippen molar-refractivity contribution in [2.24, 2.45) is 5.92 Å². The Bertz CT molecular complexity index is 1090. The van der Waals surface area contributed by atoms with E-state index >= 15 is 0 Å². The summed E-state index contributed by atoms with van der Waals surface area (Å²) in [6.07, 6.45) is 0. The molecule has 0 radical (unpaired) electrons. The largest absolute Gasteiger partial charge is 0.465 e. The maximum absolute atomic E-state index is 12.9. The molecular weight excluding hydrogens is 344 g/mol. The number of carbonyl (C=O) groups is 1. The summed E-state index contributed by atoms with van der Waals surface area (Å²) < 4.78 is 10.9. The van der Waals surface area contributed by atoms with Gasteiger partial charge in [-0.15, -0.1) is 0 Å². The fourth-order valence-electron chi connectivity index (χ4n) is 3.61. The van der Waals surface area contributed by atoms with Crippen molar-refractivity contribution in [3.63, 3.8) is 0 Å². The standard InChI is InChI=1S/C21H18N2O4/c1-2-26-21(25)17-15(12-8-4-3-5-9-12)16-18(27-19(17)22)13-10-6-7-11-14(13)23-20(16)24/h3-11,15,17,22H,2H2,1H3,(H,23,24). The maximum Gasteiger partial charge on any atom is 0.319 e. The van der Waals surface area contributed by atoms with E-state index in [9.17, 15) is 9.59 Å². The van der Waals surface area contributed by atoms with Gasteiger partial charge in [0, 0.05) is 11.3 Å². The number of para-hydroxylation sites is 1. The molecule has 2 aromatic carbocycles. The van der Waals surface area contributed by atoms with E-state index in [1.807, 2.05) is 48.5 Å². The number of ether oxygens (including phenoxy) is 2. The lowest BCUT2D eigenvalue weighted by molar-refractivity contribution is -0.146. The third-order valence-corrected chi connectivity index (χ3v) is 4.75. The molecule has 1 aliphatic rings. The van der Waals surface area contributed by atoms with Gasteiger partial charge < -0.3 is 14.5 Å². The van der Waals surface area contributed by atoms with E-state index in [0.717, 1.165) is 5.56 Å². The van der Waals surface area contributed by atoms with Crippen molar-refractivity contribution in [1.82, 2.24) is 4.98 Å². The van der Waals surface area contributed by atoms with Crippen LogP contribution < -0.4 is 10.3 Å². The minimum absolute atomic E-state index is 0.186. The van der Waals surface area contributed by atoms with Crippen LogP contribution in [0.3, 0.4) is 0 Å². The number of pyridine rings is 1. The number of hydrogen-bond donors (Lipinski definition) is 2. The van der Waals surface area contributed by atoms with E-state index in [-0.39, 0.29) is 18.1 Å². The molecule has 0 fully saturated rings. The van der Waals surface area contributed by atoms with Gasteiger partial charge in [-0.25, -0.2) is 0 Å². The zero-order chi connectivity index (χ0) is 19.0. The summed E-state index contributed by atoms with van der Waals surface area (Å²) in [5, 5.41) is 9.07. The van der Waals surface area contributed by atoms with Crippen molar-refractivity contribution >= 4 is 22.8 Å². The number of aromatic amines is 1. The third-order valence-electron chi connectivity index (χ3n) is 4.75. The summed E-state index contributed by atoms with van der Waals surface area (Å²) >= 11 is 0. The minimum Gasteiger partial charge on any atom is -0.465 e. The molecule has 27 heavy (non-hydrogen) atoms. The maximum atomic E-state index is 12.9. The molecule has 0 spiro atoms. The predicted octanol–water partition coefficient (Wildman–Crippen LogP) is 3.21. The molecular formula is C21H18N2O4. The zero-order valence-corrected chi connectivity index (χ0v) is 14.7. The van der Waals surface area contributed by atoms with Crippen molar-refractivity contribution in [2.45, 2.75) is 12.8 Å². The van der Waals surface area contributed by atoms with Crippen molar-refractivity contribution < 1.29 is 14.3 Å². The summed E-state index contributed by atoms with van der Waals surface area (Å²) in [4.78, 5) is 28.4. The van der Waals surface area contributed by atoms with E-state index in [4.69, 9.17) is 14.9 Å². The van der Waals surface area contributed by atoms with Gasteiger partial charge in [-0.1, -0.05) is 42.5 Å². The van der Waals surface area contributed by atoms with Crippen LogP contribution in [0.2, 0.25) is 0 Å². The molecule has 136 valence electrons. The Morgan fingerprint density at radius 3 is 2.59 bits per heavy atom. The highest BCUT2D eigenvalue weighted by molar-refractivity contribution is 6.02. The normalized spacial score (nSPS) is 18.6. The van der Waals surface area contributed by atoms with Crippen LogP contribution in [0.25, 0.3) is 10.9 Å². The molecule has 1 aliphatic heterocycles. The molecule has 2 unspecified atom stereocenters. The number of H-pyrrole nitrogens is 1. The Morgan fingerprint density at radius 1 is 1.15 bits per heavy atom. The molecule has 2 atom stereocenters. The molecule has 0 amide bonds. The molecule has 3 aromatic rings. The number of carbonyl (C=O) groups excluding carboxylic acids is 1. The van der Waals surface area contributed by atoms with E-state index in [1.54, 1.807) is 13.0 Å². The van der Waals surface area contributed by atoms with Crippen molar-refractivity contribution in [1.29, 1.82) is 5.41 Å². The monoisotopic (exact) mass is 362 g/mol. The van der Waals surface area contributed by atoms with Gasteiger partial charge in [0.25, 0.3) is 5.56 Å². The molecule has 2 heterocycles. The topological polar surface area (TPSA) is 92.2 Å². The van der Waals surface area contributed by atoms with Crippen LogP contribution in [-0.4, -0.2) is 23.5 Å². The van der Waals surface area contributed by atoms with Crippen LogP contribution in [0.5, 0.6) is 5.75 Å². The first kappa shape index (κ1) is 17.0. The second-order valence-corrected chi connectivity index (χ2v) is 6.33. The third kappa shape index (κ3) is 2.79. The lowest BCUT2D eigenvalue weighted by Gasteiger charge is -2.32. The number of hydrogen-bond acceptors (Lipinski definition) is 5. The van der Waals surface area contributed by atoms with E-state index in [2.05, 4.69) is 4.98 Å². The summed E-state index contributed by atoms with van der Waals surface area (Å²) in [7, 11) is 0. The van der Waals surface area contributed by atoms with Crippen LogP contribution in [0.4, 0.5) is 0 Å². The van der Waals surface area contributed by atoms with Gasteiger partial charge in [0.05, 0.1) is 17.7 Å². The van der Waals surface area contributed by atoms with Gasteiger partial charge in [0.2, 0.25) is 5.90 Å². The number of nitrogens with one attached hydrogen (secondary N) is 2. The summed E-state index contributed by atoms with van der Waals surface area (Å²) in [6, 6.07) is 16.5. The SMILES string of the molecule is CCOC(=O)C1C(=N)Oc2c(c(=O)[nH]c3ccccc23)C1c1ccccc1. The van der Waals surface area contributed by atoms with Crippen LogP contribution >= 0.6 is 0 Å². The molecule has 1 aromatic heterocycles. The molecule has 6 nitrogen and oxygen atoms in total. The highest BCUT2D eigenvalue weighted by Crippen LogP contribution is 2.43. The lowest BCUT2D eigenvalue weighted by atomic mass is 9.78. The summed E-state index contributed by atoms with van der Waals surface area (Å²) in [5.41, 5.74) is 1.38. The highest BCUT2D eigenvalue weighted by atomic mass is 16.5. The number of fused-ring (bicyclic) bond motifs is 3. The minimum atomic E-state index is -1.01. The quantitative estimate of drug-likeness (QED) is 0.700. The second kappa shape index (κ2) is 6.72. The second-order valence-electron chi connectivity index (χ2n) is 6.33. The first-order valence-corrected chi connectivity index (χ1v) is 8.74. The molecule has 2 N–H and O–H groups in total. The smallest absolute Gasteiger partial charge is 0.319 e. The number of benzene rings is 2. The van der Waals surface area contributed by atoms with Gasteiger partial charge >= 0.3 is 5.97 Å². The van der Waals surface area contributed by atoms with Gasteiger partial charge in [-0.3, -0.25) is 15.0 Å². The summed E-state index contributed by atoms with van der Waals surface area (Å²) in [6.45, 7) is 1.89. The van der Waals surface area contributed by atoms with E-state index in [0.29, 0.717) is 22.2 Å². The van der Waals surface area contributed by atoms with Gasteiger partial charge in [0.15, 0.2) is 0 Å². The Kier molecular flexibility index (Phi) is 4.24. The lowest BCUT2D eigenvalue weighted by Crippen LogP contribution is -2.41. The Morgan fingerprint density at radius 2 is 1.85 bits per heavy atom. The van der Waals surface area contributed by atoms with Crippen LogP contribution in [0.1, 0.15) is 24.0 Å². The first-order chi connectivity index (χ1) is 13.1. The van der Waals surface area contributed by atoms with Crippen molar-refractivity contribution in [2.75, 3.05) is 6.61 Å². The molecule has 0 aliphatic carbocycles. The Balaban J connectivity index is 2.02. The number of aromatic nitrogens is 1.